The molecule has 2 amide bonds. The smallest absolute Gasteiger partial charge is 0.239 e. The average Bonchev–Trinajstić information content (AvgIpc) is 3.31. The number of amides is 2. The van der Waals surface area contributed by atoms with Crippen LogP contribution in [0, 0.1) is 11.6 Å². The molecule has 2 heterocycles. The van der Waals surface area contributed by atoms with Crippen LogP contribution in [0.4, 0.5) is 19.0 Å². The lowest BCUT2D eigenvalue weighted by atomic mass is 10.2. The third kappa shape index (κ3) is 5.13. The molecule has 1 aliphatic carbocycles. The Bertz CT molecular complexity index is 1150. The molecule has 1 aromatic carbocycles. The maximum absolute atomic E-state index is 13.5. The third-order valence-electron chi connectivity index (χ3n) is 4.68. The summed E-state index contributed by atoms with van der Waals surface area (Å²) in [4.78, 5) is 30.8. The highest BCUT2D eigenvalue weighted by molar-refractivity contribution is 8.02. The molecule has 168 valence electrons. The second-order valence-corrected chi connectivity index (χ2v) is 10.5. The number of benzene rings is 1. The number of nitrogens with one attached hydrogen (secondary N) is 1. The first kappa shape index (κ1) is 22.7. The number of anilines is 2. The quantitative estimate of drug-likeness (QED) is 0.351. The fourth-order valence-electron chi connectivity index (χ4n) is 2.85. The first-order valence-electron chi connectivity index (χ1n) is 9.89. The number of carbonyl (C=O) groups excluding carboxylic acids is 2. The molecule has 0 unspecified atom stereocenters. The molecule has 7 nitrogen and oxygen atoms in total. The van der Waals surface area contributed by atoms with Gasteiger partial charge in [0.15, 0.2) is 21.1 Å². The number of thiazole rings is 1. The molecule has 0 aliphatic heterocycles. The minimum absolute atomic E-state index is 0.0200. The van der Waals surface area contributed by atoms with Gasteiger partial charge in [-0.1, -0.05) is 30.0 Å². The maximum atomic E-state index is 13.5. The van der Waals surface area contributed by atoms with E-state index in [1.165, 1.54) is 40.5 Å². The topological polar surface area (TPSA) is 88.1 Å². The van der Waals surface area contributed by atoms with E-state index >= 15 is 0 Å². The van der Waals surface area contributed by atoms with Crippen LogP contribution in [0.5, 0.6) is 0 Å². The van der Waals surface area contributed by atoms with Gasteiger partial charge in [0.2, 0.25) is 16.9 Å². The van der Waals surface area contributed by atoms with Crippen molar-refractivity contribution in [2.75, 3.05) is 10.2 Å². The second-order valence-electron chi connectivity index (χ2n) is 7.12. The molecule has 2 aromatic heterocycles. The summed E-state index contributed by atoms with van der Waals surface area (Å²) in [7, 11) is 0. The van der Waals surface area contributed by atoms with Crippen LogP contribution < -0.4 is 10.2 Å². The van der Waals surface area contributed by atoms with Crippen molar-refractivity contribution in [2.24, 2.45) is 0 Å². The van der Waals surface area contributed by atoms with Gasteiger partial charge >= 0.3 is 0 Å². The second kappa shape index (κ2) is 9.59. The van der Waals surface area contributed by atoms with Crippen molar-refractivity contribution in [3.63, 3.8) is 0 Å². The summed E-state index contributed by atoms with van der Waals surface area (Å²) >= 11 is 3.74. The average molecular weight is 496 g/mol. The van der Waals surface area contributed by atoms with E-state index < -0.39 is 16.9 Å². The Kier molecular flexibility index (Phi) is 6.82. The Balaban J connectivity index is 1.38. The molecule has 1 aliphatic rings. The van der Waals surface area contributed by atoms with Crippen molar-refractivity contribution in [3.8, 4) is 11.3 Å². The summed E-state index contributed by atoms with van der Waals surface area (Å²) in [6.45, 7) is 3.55. The zero-order valence-corrected chi connectivity index (χ0v) is 19.6. The summed E-state index contributed by atoms with van der Waals surface area (Å²) in [5.74, 6) is -2.14. The number of hydrogen-bond acceptors (Lipinski definition) is 8. The van der Waals surface area contributed by atoms with Crippen molar-refractivity contribution in [1.29, 1.82) is 0 Å². The van der Waals surface area contributed by atoms with Crippen LogP contribution in [-0.2, 0) is 9.59 Å². The van der Waals surface area contributed by atoms with Crippen LogP contribution in [0.1, 0.15) is 33.1 Å². The summed E-state index contributed by atoms with van der Waals surface area (Å²) in [5.41, 5.74) is 0.866. The first-order valence-corrected chi connectivity index (χ1v) is 12.5. The lowest BCUT2D eigenvalue weighted by molar-refractivity contribution is -0.118. The zero-order chi connectivity index (χ0) is 22.8. The maximum Gasteiger partial charge on any atom is 0.239 e. The van der Waals surface area contributed by atoms with E-state index in [4.69, 9.17) is 0 Å². The number of carbonyl (C=O) groups is 2. The van der Waals surface area contributed by atoms with Crippen molar-refractivity contribution < 1.29 is 18.4 Å². The monoisotopic (exact) mass is 495 g/mol. The van der Waals surface area contributed by atoms with Crippen molar-refractivity contribution in [2.45, 2.75) is 48.7 Å². The van der Waals surface area contributed by atoms with Crippen LogP contribution in [0.25, 0.3) is 11.3 Å². The van der Waals surface area contributed by atoms with Crippen LogP contribution in [0.15, 0.2) is 27.9 Å². The summed E-state index contributed by atoms with van der Waals surface area (Å²) in [6.07, 6.45) is 2.33. The van der Waals surface area contributed by atoms with E-state index in [-0.39, 0.29) is 17.9 Å². The molecule has 0 spiro atoms. The Labute approximate surface area is 195 Å². The lowest BCUT2D eigenvalue weighted by Gasteiger charge is -2.17. The van der Waals surface area contributed by atoms with E-state index in [9.17, 15) is 18.4 Å². The molecule has 1 saturated carbocycles. The molecule has 1 N–H and O–H groups in total. The van der Waals surface area contributed by atoms with E-state index in [1.807, 2.05) is 6.92 Å². The van der Waals surface area contributed by atoms with E-state index in [2.05, 4.69) is 20.5 Å². The first-order chi connectivity index (χ1) is 15.4. The van der Waals surface area contributed by atoms with Gasteiger partial charge in [0.25, 0.3) is 0 Å². The van der Waals surface area contributed by atoms with Crippen LogP contribution in [0.2, 0.25) is 0 Å². The van der Waals surface area contributed by atoms with Gasteiger partial charge in [0.05, 0.1) is 10.9 Å². The number of hydrogen-bond donors (Lipinski definition) is 1. The van der Waals surface area contributed by atoms with E-state index in [0.29, 0.717) is 32.3 Å². The van der Waals surface area contributed by atoms with Gasteiger partial charge in [-0.2, -0.15) is 0 Å². The minimum atomic E-state index is -0.955. The Morgan fingerprint density at radius 2 is 2.06 bits per heavy atom. The highest BCUT2D eigenvalue weighted by atomic mass is 32.2. The fourth-order valence-corrected chi connectivity index (χ4v) is 5.64. The predicted molar refractivity (Wildman–Crippen MR) is 122 cm³/mol. The molecule has 4 rings (SSSR count). The van der Waals surface area contributed by atoms with Gasteiger partial charge in [0, 0.05) is 23.4 Å². The lowest BCUT2D eigenvalue weighted by Crippen LogP contribution is -2.32. The molecule has 0 bridgehead atoms. The van der Waals surface area contributed by atoms with Crippen molar-refractivity contribution in [3.05, 3.63) is 35.2 Å². The SMILES string of the molecule is CCC(=O)N(c1nnc(S[C@@H](C)C(=O)Nc2nc(-c3ccc(F)c(F)c3)cs2)s1)C1CC1. The largest absolute Gasteiger partial charge is 0.301 e. The molecule has 0 saturated heterocycles. The fraction of sp³-hybridized carbons (Fsp3) is 0.350. The van der Waals surface area contributed by atoms with Crippen molar-refractivity contribution >= 4 is 56.5 Å². The van der Waals surface area contributed by atoms with Gasteiger partial charge < -0.3 is 5.32 Å². The zero-order valence-electron chi connectivity index (χ0n) is 17.2. The molecule has 1 atom stereocenters. The van der Waals surface area contributed by atoms with Crippen LogP contribution in [0.3, 0.4) is 0 Å². The molecule has 0 radical (unpaired) electrons. The minimum Gasteiger partial charge on any atom is -0.301 e. The molecule has 12 heteroatoms. The summed E-state index contributed by atoms with van der Waals surface area (Å²) in [6, 6.07) is 3.73. The van der Waals surface area contributed by atoms with Gasteiger partial charge in [-0.25, -0.2) is 13.8 Å². The van der Waals surface area contributed by atoms with Gasteiger partial charge in [-0.05, 0) is 38.0 Å². The Morgan fingerprint density at radius 3 is 2.75 bits per heavy atom. The summed E-state index contributed by atoms with van der Waals surface area (Å²) in [5, 5.41) is 13.1. The predicted octanol–water partition coefficient (Wildman–Crippen LogP) is 4.96. The molecular weight excluding hydrogens is 476 g/mol. The molecule has 1 fully saturated rings. The number of nitrogens with zero attached hydrogens (tertiary/aromatic N) is 4. The normalized spacial score (nSPS) is 14.2. The Hall–Kier alpha value is -2.44. The van der Waals surface area contributed by atoms with Crippen LogP contribution >= 0.6 is 34.4 Å². The molecular formula is C20H19F2N5O2S3. The van der Waals surface area contributed by atoms with Crippen LogP contribution in [-0.4, -0.2) is 38.3 Å². The van der Waals surface area contributed by atoms with Gasteiger partial charge in [-0.15, -0.1) is 21.5 Å². The number of aromatic nitrogens is 3. The molecule has 3 aromatic rings. The van der Waals surface area contributed by atoms with Crippen molar-refractivity contribution in [1.82, 2.24) is 15.2 Å². The van der Waals surface area contributed by atoms with Gasteiger partial charge in [0.1, 0.15) is 0 Å². The number of halogens is 2. The Morgan fingerprint density at radius 1 is 1.28 bits per heavy atom. The number of thioether (sulfide) groups is 1. The summed E-state index contributed by atoms with van der Waals surface area (Å²) < 4.78 is 27.2. The van der Waals surface area contributed by atoms with Gasteiger partial charge in [-0.3, -0.25) is 14.5 Å². The highest BCUT2D eigenvalue weighted by Crippen LogP contribution is 2.37. The third-order valence-corrected chi connectivity index (χ3v) is 7.55. The standard InChI is InChI=1S/C20H19F2N5O2S3/c1-3-16(28)27(12-5-6-12)19-25-26-20(32-19)31-10(2)17(29)24-18-23-15(9-30-18)11-4-7-13(21)14(22)8-11/h4,7-10,12H,3,5-6H2,1-2H3,(H,23,24,29)/t10-/m0/s1. The van der Waals surface area contributed by atoms with E-state index in [0.717, 1.165) is 25.0 Å². The number of rotatable bonds is 8. The molecule has 32 heavy (non-hydrogen) atoms. The van der Waals surface area contributed by atoms with E-state index in [1.54, 1.807) is 17.2 Å². The highest BCUT2D eigenvalue weighted by Gasteiger charge is 2.35.